The van der Waals surface area contributed by atoms with Crippen molar-refractivity contribution in [3.05, 3.63) is 52.4 Å². The van der Waals surface area contributed by atoms with E-state index in [2.05, 4.69) is 20.9 Å². The highest BCUT2D eigenvalue weighted by Gasteiger charge is 2.09. The van der Waals surface area contributed by atoms with E-state index in [1.165, 1.54) is 17.8 Å². The van der Waals surface area contributed by atoms with Crippen LogP contribution >= 0.6 is 27.7 Å². The predicted octanol–water partition coefficient (Wildman–Crippen LogP) is 3.59. The van der Waals surface area contributed by atoms with Crippen molar-refractivity contribution in [3.8, 4) is 0 Å². The summed E-state index contributed by atoms with van der Waals surface area (Å²) in [4.78, 5) is 4.74. The van der Waals surface area contributed by atoms with Gasteiger partial charge in [0, 0.05) is 17.2 Å². The summed E-state index contributed by atoms with van der Waals surface area (Å²) in [5, 5.41) is 0.744. The van der Waals surface area contributed by atoms with Crippen molar-refractivity contribution in [2.24, 2.45) is 5.73 Å². The van der Waals surface area contributed by atoms with Crippen LogP contribution in [-0.4, -0.2) is 4.98 Å². The molecule has 0 atom stereocenters. The first-order valence-corrected chi connectivity index (χ1v) is 6.58. The van der Waals surface area contributed by atoms with Crippen LogP contribution in [0.3, 0.4) is 0 Å². The average Bonchev–Trinajstić information content (AvgIpc) is 2.34. The Morgan fingerprint density at radius 3 is 2.76 bits per heavy atom. The molecule has 2 rings (SSSR count). The van der Waals surface area contributed by atoms with Gasteiger partial charge in [-0.25, -0.2) is 9.37 Å². The molecule has 0 fully saturated rings. The number of halogens is 2. The topological polar surface area (TPSA) is 38.9 Å². The van der Waals surface area contributed by atoms with E-state index in [4.69, 9.17) is 5.73 Å². The molecule has 88 valence electrons. The first-order chi connectivity index (χ1) is 8.20. The highest BCUT2D eigenvalue weighted by Crippen LogP contribution is 2.31. The molecule has 2 nitrogen and oxygen atoms in total. The zero-order valence-corrected chi connectivity index (χ0v) is 11.3. The molecule has 5 heteroatoms. The molecule has 0 aliphatic heterocycles. The van der Waals surface area contributed by atoms with Crippen LogP contribution in [0, 0.1) is 5.82 Å². The zero-order chi connectivity index (χ0) is 12.3. The summed E-state index contributed by atoms with van der Waals surface area (Å²) in [6.45, 7) is 0.316. The monoisotopic (exact) mass is 312 g/mol. The van der Waals surface area contributed by atoms with Gasteiger partial charge in [-0.3, -0.25) is 0 Å². The number of nitrogens with two attached hydrogens (primary N) is 1. The second-order valence-electron chi connectivity index (χ2n) is 3.35. The smallest absolute Gasteiger partial charge is 0.137 e. The Morgan fingerprint density at radius 1 is 1.29 bits per heavy atom. The summed E-state index contributed by atoms with van der Waals surface area (Å²) in [6, 6.07) is 8.63. The molecule has 0 saturated heterocycles. The van der Waals surface area contributed by atoms with E-state index in [0.29, 0.717) is 11.4 Å². The Bertz CT molecular complexity index is 516. The first-order valence-electron chi connectivity index (χ1n) is 4.97. The molecule has 0 spiro atoms. The summed E-state index contributed by atoms with van der Waals surface area (Å²) in [6.07, 6.45) is 1.69. The van der Waals surface area contributed by atoms with Crippen LogP contribution in [0.2, 0.25) is 0 Å². The lowest BCUT2D eigenvalue weighted by atomic mass is 10.2. The molecule has 1 heterocycles. The van der Waals surface area contributed by atoms with Gasteiger partial charge < -0.3 is 5.73 Å². The number of rotatable bonds is 3. The highest BCUT2D eigenvalue weighted by molar-refractivity contribution is 9.10. The van der Waals surface area contributed by atoms with Crippen molar-refractivity contribution < 1.29 is 4.39 Å². The SMILES string of the molecule is NCc1cccc(F)c1Sc1ccc(Br)cn1. The molecule has 0 radical (unpaired) electrons. The van der Waals surface area contributed by atoms with Crippen LogP contribution in [0.5, 0.6) is 0 Å². The standard InChI is InChI=1S/C12H10BrFN2S/c13-9-4-5-11(16-7-9)17-12-8(6-15)2-1-3-10(12)14/h1-5,7H,6,15H2. The Kier molecular flexibility index (Phi) is 4.15. The van der Waals surface area contributed by atoms with Gasteiger partial charge in [-0.15, -0.1) is 0 Å². The second-order valence-corrected chi connectivity index (χ2v) is 5.30. The largest absolute Gasteiger partial charge is 0.326 e. The third-order valence-electron chi connectivity index (χ3n) is 2.18. The van der Waals surface area contributed by atoms with Crippen LogP contribution in [0.25, 0.3) is 0 Å². The van der Waals surface area contributed by atoms with E-state index in [1.54, 1.807) is 12.3 Å². The summed E-state index contributed by atoms with van der Waals surface area (Å²) in [7, 11) is 0. The summed E-state index contributed by atoms with van der Waals surface area (Å²) >= 11 is 4.59. The molecule has 0 saturated carbocycles. The molecule has 1 aromatic heterocycles. The number of hydrogen-bond acceptors (Lipinski definition) is 3. The Hall–Kier alpha value is -0.910. The molecular formula is C12H10BrFN2S. The lowest BCUT2D eigenvalue weighted by Crippen LogP contribution is -2.00. The van der Waals surface area contributed by atoms with E-state index in [0.717, 1.165) is 15.1 Å². The third-order valence-corrected chi connectivity index (χ3v) is 3.76. The van der Waals surface area contributed by atoms with Crippen LogP contribution < -0.4 is 5.73 Å². The molecule has 2 aromatic rings. The minimum atomic E-state index is -0.261. The summed E-state index contributed by atoms with van der Waals surface area (Å²) < 4.78 is 14.6. The average molecular weight is 313 g/mol. The van der Waals surface area contributed by atoms with Crippen LogP contribution in [0.1, 0.15) is 5.56 Å². The maximum absolute atomic E-state index is 13.7. The number of hydrogen-bond donors (Lipinski definition) is 1. The van der Waals surface area contributed by atoms with Gasteiger partial charge in [0.1, 0.15) is 10.8 Å². The van der Waals surface area contributed by atoms with Crippen molar-refractivity contribution in [3.63, 3.8) is 0 Å². The maximum atomic E-state index is 13.7. The summed E-state index contributed by atoms with van der Waals surface area (Å²) in [5.74, 6) is -0.261. The first kappa shape index (κ1) is 12.5. The Balaban J connectivity index is 2.32. The van der Waals surface area contributed by atoms with Crippen LogP contribution in [0.4, 0.5) is 4.39 Å². The minimum Gasteiger partial charge on any atom is -0.326 e. The summed E-state index contributed by atoms with van der Waals surface area (Å²) in [5.41, 5.74) is 6.38. The lowest BCUT2D eigenvalue weighted by molar-refractivity contribution is 0.597. The van der Waals surface area contributed by atoms with Gasteiger partial charge in [-0.05, 0) is 39.7 Å². The fraction of sp³-hybridized carbons (Fsp3) is 0.0833. The molecule has 17 heavy (non-hydrogen) atoms. The maximum Gasteiger partial charge on any atom is 0.137 e. The molecule has 0 aliphatic carbocycles. The van der Waals surface area contributed by atoms with Crippen molar-refractivity contribution in [1.82, 2.24) is 4.98 Å². The molecule has 1 aromatic carbocycles. The molecule has 0 unspecified atom stereocenters. The van der Waals surface area contributed by atoms with Gasteiger partial charge in [0.05, 0.1) is 4.90 Å². The molecule has 2 N–H and O–H groups in total. The Morgan fingerprint density at radius 2 is 2.12 bits per heavy atom. The number of nitrogens with zero attached hydrogens (tertiary/aromatic N) is 1. The van der Waals surface area contributed by atoms with E-state index in [9.17, 15) is 4.39 Å². The van der Waals surface area contributed by atoms with E-state index in [-0.39, 0.29) is 5.82 Å². The fourth-order valence-electron chi connectivity index (χ4n) is 1.36. The van der Waals surface area contributed by atoms with Crippen molar-refractivity contribution in [2.45, 2.75) is 16.5 Å². The van der Waals surface area contributed by atoms with Gasteiger partial charge in [-0.2, -0.15) is 0 Å². The Labute approximate surface area is 112 Å². The van der Waals surface area contributed by atoms with Gasteiger partial charge in [-0.1, -0.05) is 23.9 Å². The van der Waals surface area contributed by atoms with Gasteiger partial charge in [0.25, 0.3) is 0 Å². The quantitative estimate of drug-likeness (QED) is 0.941. The van der Waals surface area contributed by atoms with Crippen molar-refractivity contribution in [2.75, 3.05) is 0 Å². The van der Waals surface area contributed by atoms with E-state index in [1.807, 2.05) is 18.2 Å². The molecular weight excluding hydrogens is 303 g/mol. The number of aromatic nitrogens is 1. The van der Waals surface area contributed by atoms with E-state index < -0.39 is 0 Å². The predicted molar refractivity (Wildman–Crippen MR) is 70.4 cm³/mol. The van der Waals surface area contributed by atoms with Gasteiger partial charge in [0.2, 0.25) is 0 Å². The van der Waals surface area contributed by atoms with Crippen LogP contribution in [-0.2, 0) is 6.54 Å². The van der Waals surface area contributed by atoms with E-state index >= 15 is 0 Å². The lowest BCUT2D eigenvalue weighted by Gasteiger charge is -2.07. The minimum absolute atomic E-state index is 0.261. The third kappa shape index (κ3) is 3.06. The number of pyridine rings is 1. The number of benzene rings is 1. The second kappa shape index (κ2) is 5.62. The molecule has 0 aliphatic rings. The van der Waals surface area contributed by atoms with Crippen molar-refractivity contribution in [1.29, 1.82) is 0 Å². The van der Waals surface area contributed by atoms with Gasteiger partial charge >= 0.3 is 0 Å². The zero-order valence-electron chi connectivity index (χ0n) is 8.86. The van der Waals surface area contributed by atoms with Crippen LogP contribution in [0.15, 0.2) is 50.9 Å². The highest BCUT2D eigenvalue weighted by atomic mass is 79.9. The molecule has 0 amide bonds. The fourth-order valence-corrected chi connectivity index (χ4v) is 2.49. The normalized spacial score (nSPS) is 10.5. The van der Waals surface area contributed by atoms with Gasteiger partial charge in [0.15, 0.2) is 0 Å². The van der Waals surface area contributed by atoms with Crippen molar-refractivity contribution >= 4 is 27.7 Å². The molecule has 0 bridgehead atoms.